The molecule has 0 amide bonds. The zero-order chi connectivity index (χ0) is 22.0. The standard InChI is InChI=1S/C21H26O8/c1-20(2,3)19(24)28-17-14(27-11-25-7)10-13-15(12(22)8-9-26-13)16(17)18(23)29-21(4,5)6/h8-10H,11H2,1-7H3. The van der Waals surface area contributed by atoms with E-state index in [-0.39, 0.29) is 34.8 Å². The van der Waals surface area contributed by atoms with Gasteiger partial charge in [-0.3, -0.25) is 9.59 Å². The maximum Gasteiger partial charge on any atom is 0.343 e. The Morgan fingerprint density at radius 3 is 2.31 bits per heavy atom. The second-order valence-electron chi connectivity index (χ2n) is 8.43. The van der Waals surface area contributed by atoms with Gasteiger partial charge in [-0.05, 0) is 41.5 Å². The molecule has 0 bridgehead atoms. The lowest BCUT2D eigenvalue weighted by Crippen LogP contribution is -2.29. The summed E-state index contributed by atoms with van der Waals surface area (Å²) in [6, 6.07) is 2.54. The van der Waals surface area contributed by atoms with Crippen LogP contribution in [-0.4, -0.2) is 31.4 Å². The van der Waals surface area contributed by atoms with E-state index in [0.717, 1.165) is 0 Å². The van der Waals surface area contributed by atoms with Gasteiger partial charge in [0.2, 0.25) is 0 Å². The van der Waals surface area contributed by atoms with Crippen LogP contribution >= 0.6 is 0 Å². The number of fused-ring (bicyclic) bond motifs is 1. The van der Waals surface area contributed by atoms with E-state index in [4.69, 9.17) is 23.4 Å². The van der Waals surface area contributed by atoms with Gasteiger partial charge in [-0.2, -0.15) is 0 Å². The number of benzene rings is 1. The van der Waals surface area contributed by atoms with Crippen LogP contribution in [0.25, 0.3) is 11.0 Å². The third-order valence-electron chi connectivity index (χ3n) is 3.61. The zero-order valence-electron chi connectivity index (χ0n) is 17.7. The Balaban J connectivity index is 2.83. The molecule has 0 N–H and O–H groups in total. The van der Waals surface area contributed by atoms with Gasteiger partial charge in [0, 0.05) is 19.2 Å². The molecule has 0 radical (unpaired) electrons. The van der Waals surface area contributed by atoms with Crippen molar-refractivity contribution in [3.05, 3.63) is 34.2 Å². The highest BCUT2D eigenvalue weighted by molar-refractivity contribution is 6.07. The Hall–Kier alpha value is -2.87. The summed E-state index contributed by atoms with van der Waals surface area (Å²) in [4.78, 5) is 38.2. The molecule has 0 spiro atoms. The van der Waals surface area contributed by atoms with E-state index in [1.54, 1.807) is 41.5 Å². The van der Waals surface area contributed by atoms with E-state index in [0.29, 0.717) is 0 Å². The Morgan fingerprint density at radius 1 is 1.10 bits per heavy atom. The topological polar surface area (TPSA) is 101 Å². The first-order chi connectivity index (χ1) is 13.3. The van der Waals surface area contributed by atoms with Crippen molar-refractivity contribution in [3.63, 3.8) is 0 Å². The lowest BCUT2D eigenvalue weighted by Gasteiger charge is -2.23. The lowest BCUT2D eigenvalue weighted by atomic mass is 9.97. The predicted molar refractivity (Wildman–Crippen MR) is 105 cm³/mol. The van der Waals surface area contributed by atoms with Gasteiger partial charge in [0.15, 0.2) is 23.7 Å². The minimum atomic E-state index is -0.875. The van der Waals surface area contributed by atoms with E-state index >= 15 is 0 Å². The fourth-order valence-corrected chi connectivity index (χ4v) is 2.31. The molecule has 8 nitrogen and oxygen atoms in total. The molecule has 0 aliphatic rings. The van der Waals surface area contributed by atoms with Gasteiger partial charge in [0.05, 0.1) is 17.1 Å². The van der Waals surface area contributed by atoms with Gasteiger partial charge in [-0.1, -0.05) is 0 Å². The molecule has 1 aromatic carbocycles. The van der Waals surface area contributed by atoms with Crippen molar-refractivity contribution in [2.24, 2.45) is 5.41 Å². The van der Waals surface area contributed by atoms with Crippen LogP contribution in [0.4, 0.5) is 0 Å². The third kappa shape index (κ3) is 5.35. The van der Waals surface area contributed by atoms with Crippen LogP contribution in [0.5, 0.6) is 11.5 Å². The Bertz CT molecular complexity index is 973. The highest BCUT2D eigenvalue weighted by Gasteiger charge is 2.32. The minimum absolute atomic E-state index is 0.00663. The number of carbonyl (C=O) groups is 2. The fraction of sp³-hybridized carbons (Fsp3) is 0.476. The Kier molecular flexibility index (Phi) is 6.37. The number of ether oxygens (including phenoxy) is 4. The molecule has 0 saturated heterocycles. The van der Waals surface area contributed by atoms with E-state index in [2.05, 4.69) is 0 Å². The van der Waals surface area contributed by atoms with Crippen molar-refractivity contribution in [2.45, 2.75) is 47.1 Å². The average molecular weight is 406 g/mol. The first-order valence-electron chi connectivity index (χ1n) is 9.01. The molecule has 0 atom stereocenters. The molecule has 8 heteroatoms. The van der Waals surface area contributed by atoms with Crippen molar-refractivity contribution < 1.29 is 33.0 Å². The Labute approximate surface area is 168 Å². The van der Waals surface area contributed by atoms with Crippen molar-refractivity contribution in [3.8, 4) is 11.5 Å². The minimum Gasteiger partial charge on any atom is -0.464 e. The maximum atomic E-state index is 13.0. The van der Waals surface area contributed by atoms with Gasteiger partial charge >= 0.3 is 11.9 Å². The van der Waals surface area contributed by atoms with Crippen LogP contribution < -0.4 is 14.9 Å². The van der Waals surface area contributed by atoms with E-state index in [9.17, 15) is 14.4 Å². The van der Waals surface area contributed by atoms with Gasteiger partial charge in [0.1, 0.15) is 16.7 Å². The third-order valence-corrected chi connectivity index (χ3v) is 3.61. The molecule has 1 aromatic heterocycles. The summed E-state index contributed by atoms with van der Waals surface area (Å²) < 4.78 is 26.8. The second kappa shape index (κ2) is 8.24. The van der Waals surface area contributed by atoms with Crippen molar-refractivity contribution >= 4 is 22.9 Å². The summed E-state index contributed by atoms with van der Waals surface area (Å²) in [7, 11) is 1.41. The molecule has 0 unspecified atom stereocenters. The van der Waals surface area contributed by atoms with Crippen LogP contribution in [0.2, 0.25) is 0 Å². The van der Waals surface area contributed by atoms with E-state index < -0.39 is 28.4 Å². The van der Waals surface area contributed by atoms with Gasteiger partial charge in [0.25, 0.3) is 0 Å². The lowest BCUT2D eigenvalue weighted by molar-refractivity contribution is -0.143. The molecule has 2 aromatic rings. The molecule has 29 heavy (non-hydrogen) atoms. The summed E-state index contributed by atoms with van der Waals surface area (Å²) in [6.07, 6.45) is 1.20. The van der Waals surface area contributed by atoms with Crippen LogP contribution in [0.1, 0.15) is 51.9 Å². The fourth-order valence-electron chi connectivity index (χ4n) is 2.31. The zero-order valence-corrected chi connectivity index (χ0v) is 17.7. The van der Waals surface area contributed by atoms with Crippen LogP contribution in [0, 0.1) is 5.41 Å². The Morgan fingerprint density at radius 2 is 1.76 bits per heavy atom. The van der Waals surface area contributed by atoms with Crippen LogP contribution in [0.3, 0.4) is 0 Å². The first kappa shape index (κ1) is 22.4. The highest BCUT2D eigenvalue weighted by Crippen LogP contribution is 2.39. The first-order valence-corrected chi connectivity index (χ1v) is 9.01. The molecule has 158 valence electrons. The van der Waals surface area contributed by atoms with Crippen LogP contribution in [-0.2, 0) is 14.3 Å². The summed E-state index contributed by atoms with van der Waals surface area (Å²) in [5.74, 6) is -1.68. The van der Waals surface area contributed by atoms with Crippen molar-refractivity contribution in [1.29, 1.82) is 0 Å². The quantitative estimate of drug-likeness (QED) is 0.421. The molecular formula is C21H26O8. The monoisotopic (exact) mass is 406 g/mol. The summed E-state index contributed by atoms with van der Waals surface area (Å²) in [6.45, 7) is 9.84. The van der Waals surface area contributed by atoms with E-state index in [1.807, 2.05) is 0 Å². The summed E-state index contributed by atoms with van der Waals surface area (Å²) in [5.41, 5.74) is -2.37. The molecule has 0 fully saturated rings. The number of carbonyl (C=O) groups excluding carboxylic acids is 2. The van der Waals surface area contributed by atoms with Gasteiger partial charge in [-0.15, -0.1) is 0 Å². The molecule has 0 saturated carbocycles. The predicted octanol–water partition coefficient (Wildman–Crippen LogP) is 3.68. The number of hydrogen-bond acceptors (Lipinski definition) is 8. The molecule has 0 aliphatic carbocycles. The number of hydrogen-bond donors (Lipinski definition) is 0. The van der Waals surface area contributed by atoms with Crippen molar-refractivity contribution in [2.75, 3.05) is 13.9 Å². The average Bonchev–Trinajstić information content (AvgIpc) is 2.57. The van der Waals surface area contributed by atoms with Gasteiger partial charge < -0.3 is 23.4 Å². The molecule has 1 heterocycles. The summed E-state index contributed by atoms with van der Waals surface area (Å²) >= 11 is 0. The van der Waals surface area contributed by atoms with E-state index in [1.165, 1.54) is 25.5 Å². The SMILES string of the molecule is COCOc1cc2occc(=O)c2c(C(=O)OC(C)(C)C)c1OC(=O)C(C)(C)C. The highest BCUT2D eigenvalue weighted by atomic mass is 16.7. The molecule has 2 rings (SSSR count). The maximum absolute atomic E-state index is 13.0. The molecule has 0 aliphatic heterocycles. The number of rotatable bonds is 5. The normalized spacial score (nSPS) is 12.0. The van der Waals surface area contributed by atoms with Crippen LogP contribution in [0.15, 0.2) is 27.6 Å². The largest absolute Gasteiger partial charge is 0.464 e. The smallest absolute Gasteiger partial charge is 0.343 e. The second-order valence-corrected chi connectivity index (χ2v) is 8.43. The van der Waals surface area contributed by atoms with Gasteiger partial charge in [-0.25, -0.2) is 4.79 Å². The number of esters is 2. The molecular weight excluding hydrogens is 380 g/mol. The summed E-state index contributed by atoms with van der Waals surface area (Å²) in [5, 5.41) is -0.0665. The van der Waals surface area contributed by atoms with Crippen molar-refractivity contribution in [1.82, 2.24) is 0 Å². The number of methoxy groups -OCH3 is 1.